The molecular formula is C17H21NO4. The van der Waals surface area contributed by atoms with Crippen molar-refractivity contribution in [1.82, 2.24) is 4.98 Å². The third-order valence-corrected chi connectivity index (χ3v) is 3.66. The Morgan fingerprint density at radius 1 is 0.818 bits per heavy atom. The van der Waals surface area contributed by atoms with Gasteiger partial charge < -0.3 is 18.9 Å². The number of hydrogen-bond donors (Lipinski definition) is 0. The van der Waals surface area contributed by atoms with Crippen molar-refractivity contribution in [3.63, 3.8) is 0 Å². The first-order valence-electron chi connectivity index (χ1n) is 6.94. The summed E-state index contributed by atoms with van der Waals surface area (Å²) in [5.74, 6) is 2.61. The number of methoxy groups -OCH3 is 4. The number of benzene rings is 1. The number of ether oxygens (including phenoxy) is 4. The summed E-state index contributed by atoms with van der Waals surface area (Å²) < 4.78 is 21.2. The van der Waals surface area contributed by atoms with Gasteiger partial charge in [-0.25, -0.2) is 4.98 Å². The van der Waals surface area contributed by atoms with Gasteiger partial charge in [-0.3, -0.25) is 0 Å². The predicted octanol–water partition coefficient (Wildman–Crippen LogP) is 3.27. The molecule has 0 saturated heterocycles. The summed E-state index contributed by atoms with van der Waals surface area (Å²) in [6.45, 7) is 2.10. The lowest BCUT2D eigenvalue weighted by Gasteiger charge is -2.18. The first-order valence-corrected chi connectivity index (χ1v) is 6.94. The van der Waals surface area contributed by atoms with Gasteiger partial charge in [-0.15, -0.1) is 0 Å². The molecule has 22 heavy (non-hydrogen) atoms. The highest BCUT2D eigenvalue weighted by Gasteiger charge is 2.17. The van der Waals surface area contributed by atoms with E-state index in [1.54, 1.807) is 28.4 Å². The summed E-state index contributed by atoms with van der Waals surface area (Å²) in [6.07, 6.45) is 1.81. The van der Waals surface area contributed by atoms with Crippen molar-refractivity contribution in [2.24, 2.45) is 0 Å². The Morgan fingerprint density at radius 2 is 1.45 bits per heavy atom. The smallest absolute Gasteiger partial charge is 0.212 e. The summed E-state index contributed by atoms with van der Waals surface area (Å²) in [5, 5.41) is 0. The number of nitrogens with zero attached hydrogens (tertiary/aromatic N) is 1. The number of rotatable bonds is 6. The summed E-state index contributed by atoms with van der Waals surface area (Å²) in [6, 6.07) is 7.76. The Morgan fingerprint density at radius 3 is 1.86 bits per heavy atom. The van der Waals surface area contributed by atoms with Crippen LogP contribution in [0.2, 0.25) is 0 Å². The molecule has 1 heterocycles. The highest BCUT2D eigenvalue weighted by atomic mass is 16.5. The van der Waals surface area contributed by atoms with Crippen LogP contribution >= 0.6 is 0 Å². The van der Waals surface area contributed by atoms with Gasteiger partial charge in [0.15, 0.2) is 11.5 Å². The van der Waals surface area contributed by atoms with E-state index in [0.29, 0.717) is 23.1 Å². The van der Waals surface area contributed by atoms with Crippen LogP contribution in [0.15, 0.2) is 30.5 Å². The molecule has 5 nitrogen and oxygen atoms in total. The molecule has 2 aromatic rings. The zero-order valence-electron chi connectivity index (χ0n) is 13.5. The number of hydrogen-bond acceptors (Lipinski definition) is 5. The predicted molar refractivity (Wildman–Crippen MR) is 84.4 cm³/mol. The van der Waals surface area contributed by atoms with Crippen LogP contribution in [-0.2, 0) is 0 Å². The first kappa shape index (κ1) is 15.9. The van der Waals surface area contributed by atoms with E-state index >= 15 is 0 Å². The Bertz CT molecular complexity index is 600. The summed E-state index contributed by atoms with van der Waals surface area (Å²) in [5.41, 5.74) is 2.14. The molecule has 0 aliphatic heterocycles. The topological polar surface area (TPSA) is 49.8 Å². The summed E-state index contributed by atoms with van der Waals surface area (Å²) in [4.78, 5) is 4.25. The minimum atomic E-state index is 0.132. The van der Waals surface area contributed by atoms with Gasteiger partial charge in [0.25, 0.3) is 0 Å². The second-order valence-corrected chi connectivity index (χ2v) is 4.81. The average Bonchev–Trinajstić information content (AvgIpc) is 2.59. The van der Waals surface area contributed by atoms with Crippen LogP contribution in [0.1, 0.15) is 24.0 Å². The monoisotopic (exact) mass is 303 g/mol. The molecule has 0 radical (unpaired) electrons. The van der Waals surface area contributed by atoms with Crippen molar-refractivity contribution >= 4 is 0 Å². The molecule has 0 aliphatic rings. The highest BCUT2D eigenvalue weighted by Crippen LogP contribution is 2.41. The third-order valence-electron chi connectivity index (χ3n) is 3.66. The van der Waals surface area contributed by atoms with Gasteiger partial charge >= 0.3 is 0 Å². The molecule has 5 heteroatoms. The zero-order chi connectivity index (χ0) is 16.1. The first-order chi connectivity index (χ1) is 10.6. The summed E-state index contributed by atoms with van der Waals surface area (Å²) >= 11 is 0. The zero-order valence-corrected chi connectivity index (χ0v) is 13.5. The Labute approximate surface area is 130 Å². The Hall–Kier alpha value is -2.43. The molecule has 2 rings (SSSR count). The van der Waals surface area contributed by atoms with E-state index in [2.05, 4.69) is 11.9 Å². The second kappa shape index (κ2) is 7.02. The molecule has 1 aromatic carbocycles. The lowest BCUT2D eigenvalue weighted by molar-refractivity contribution is 0.323. The quantitative estimate of drug-likeness (QED) is 0.819. The van der Waals surface area contributed by atoms with Crippen molar-refractivity contribution in [2.75, 3.05) is 28.4 Å². The van der Waals surface area contributed by atoms with Crippen LogP contribution < -0.4 is 18.9 Å². The Kier molecular flexibility index (Phi) is 5.09. The van der Waals surface area contributed by atoms with Gasteiger partial charge in [0.05, 0.1) is 28.4 Å². The number of aromatic nitrogens is 1. The third kappa shape index (κ3) is 3.08. The average molecular weight is 303 g/mol. The molecule has 1 atom stereocenters. The molecule has 118 valence electrons. The molecule has 1 aromatic heterocycles. The van der Waals surface area contributed by atoms with Crippen LogP contribution in [0.3, 0.4) is 0 Å². The fraction of sp³-hybridized carbons (Fsp3) is 0.353. The van der Waals surface area contributed by atoms with Gasteiger partial charge in [-0.2, -0.15) is 0 Å². The van der Waals surface area contributed by atoms with E-state index in [1.807, 2.05) is 30.5 Å². The molecule has 0 spiro atoms. The molecule has 0 N–H and O–H groups in total. The van der Waals surface area contributed by atoms with Gasteiger partial charge in [0, 0.05) is 18.2 Å². The largest absolute Gasteiger partial charge is 0.493 e. The maximum atomic E-state index is 5.40. The lowest BCUT2D eigenvalue weighted by atomic mass is 9.94. The van der Waals surface area contributed by atoms with Crippen LogP contribution in [0.5, 0.6) is 23.1 Å². The van der Waals surface area contributed by atoms with Gasteiger partial charge in [-0.1, -0.05) is 13.0 Å². The minimum absolute atomic E-state index is 0.132. The maximum absolute atomic E-state index is 5.40. The van der Waals surface area contributed by atoms with E-state index in [0.717, 1.165) is 11.1 Å². The van der Waals surface area contributed by atoms with Crippen LogP contribution in [-0.4, -0.2) is 33.4 Å². The molecule has 0 amide bonds. The molecular weight excluding hydrogens is 282 g/mol. The van der Waals surface area contributed by atoms with Crippen molar-refractivity contribution in [3.8, 4) is 23.1 Å². The van der Waals surface area contributed by atoms with Gasteiger partial charge in [-0.05, 0) is 23.3 Å². The second-order valence-electron chi connectivity index (χ2n) is 4.81. The molecule has 1 unspecified atom stereocenters. The molecule has 0 saturated carbocycles. The van der Waals surface area contributed by atoms with E-state index in [1.165, 1.54) is 0 Å². The van der Waals surface area contributed by atoms with Crippen LogP contribution in [0.4, 0.5) is 0 Å². The SMILES string of the molecule is COc1ccc(C(C)c2cc(OC)c(OC)c(OC)c2)cn1. The van der Waals surface area contributed by atoms with Crippen molar-refractivity contribution in [2.45, 2.75) is 12.8 Å². The highest BCUT2D eigenvalue weighted by molar-refractivity contribution is 5.55. The van der Waals surface area contributed by atoms with E-state index in [9.17, 15) is 0 Å². The van der Waals surface area contributed by atoms with E-state index in [4.69, 9.17) is 18.9 Å². The van der Waals surface area contributed by atoms with Gasteiger partial charge in [0.1, 0.15) is 0 Å². The van der Waals surface area contributed by atoms with Crippen LogP contribution in [0.25, 0.3) is 0 Å². The number of pyridine rings is 1. The van der Waals surface area contributed by atoms with E-state index in [-0.39, 0.29) is 5.92 Å². The normalized spacial score (nSPS) is 11.7. The minimum Gasteiger partial charge on any atom is -0.493 e. The molecule has 0 fully saturated rings. The van der Waals surface area contributed by atoms with E-state index < -0.39 is 0 Å². The van der Waals surface area contributed by atoms with Gasteiger partial charge in [0.2, 0.25) is 11.6 Å². The fourth-order valence-corrected chi connectivity index (χ4v) is 2.31. The fourth-order valence-electron chi connectivity index (χ4n) is 2.31. The summed E-state index contributed by atoms with van der Waals surface area (Å²) in [7, 11) is 6.42. The standard InChI is InChI=1S/C17H21NO4/c1-11(12-6-7-16(21-4)18-10-12)13-8-14(19-2)17(22-5)15(9-13)20-3/h6-11H,1-5H3. The maximum Gasteiger partial charge on any atom is 0.212 e. The Balaban J connectivity index is 2.41. The van der Waals surface area contributed by atoms with Crippen molar-refractivity contribution < 1.29 is 18.9 Å². The lowest BCUT2D eigenvalue weighted by Crippen LogP contribution is -2.01. The van der Waals surface area contributed by atoms with Crippen molar-refractivity contribution in [1.29, 1.82) is 0 Å². The molecule has 0 bridgehead atoms. The molecule has 0 aliphatic carbocycles. The van der Waals surface area contributed by atoms with Crippen molar-refractivity contribution in [3.05, 3.63) is 41.6 Å². The van der Waals surface area contributed by atoms with Crippen LogP contribution in [0, 0.1) is 0 Å².